The number of rotatable bonds is 9. The Morgan fingerprint density at radius 2 is 1.74 bits per heavy atom. The molecule has 1 N–H and O–H groups in total. The van der Waals surface area contributed by atoms with E-state index in [2.05, 4.69) is 27.8 Å². The Balaban J connectivity index is 1.71. The van der Waals surface area contributed by atoms with Gasteiger partial charge in [-0.3, -0.25) is 14.9 Å². The van der Waals surface area contributed by atoms with Crippen molar-refractivity contribution < 1.29 is 23.9 Å². The summed E-state index contributed by atoms with van der Waals surface area (Å²) in [6.07, 6.45) is 3.56. The van der Waals surface area contributed by atoms with Crippen LogP contribution in [0, 0.1) is 0 Å². The third kappa shape index (κ3) is 6.53. The highest BCUT2D eigenvalue weighted by molar-refractivity contribution is 9.10. The molecule has 39 heavy (non-hydrogen) atoms. The Morgan fingerprint density at radius 1 is 1.00 bits per heavy atom. The Bertz CT molecular complexity index is 1490. The maximum Gasteiger partial charge on any atom is 0.335 e. The minimum absolute atomic E-state index is 0.200. The lowest BCUT2D eigenvalue weighted by Gasteiger charge is -2.26. The van der Waals surface area contributed by atoms with Crippen LogP contribution < -0.4 is 19.7 Å². The van der Waals surface area contributed by atoms with Crippen LogP contribution in [0.25, 0.3) is 6.08 Å². The number of imide groups is 2. The lowest BCUT2D eigenvalue weighted by Crippen LogP contribution is -2.54. The van der Waals surface area contributed by atoms with Crippen molar-refractivity contribution in [3.05, 3.63) is 104 Å². The molecular weight excluding hydrogens is 607 g/mol. The summed E-state index contributed by atoms with van der Waals surface area (Å²) in [5.74, 6) is -0.611. The molecule has 200 valence electrons. The molecule has 1 saturated heterocycles. The van der Waals surface area contributed by atoms with Crippen molar-refractivity contribution in [2.75, 3.05) is 11.5 Å². The number of carbonyl (C=O) groups excluding carboxylic acids is 3. The van der Waals surface area contributed by atoms with E-state index in [-0.39, 0.29) is 12.2 Å². The number of barbiturate groups is 1. The second kappa shape index (κ2) is 12.5. The first-order chi connectivity index (χ1) is 18.7. The number of anilines is 1. The largest absolute Gasteiger partial charge is 0.490 e. The minimum atomic E-state index is -0.821. The van der Waals surface area contributed by atoms with Crippen LogP contribution >= 0.6 is 39.1 Å². The smallest absolute Gasteiger partial charge is 0.335 e. The quantitative estimate of drug-likeness (QED) is 0.155. The van der Waals surface area contributed by atoms with Crippen molar-refractivity contribution in [2.24, 2.45) is 0 Å². The zero-order chi connectivity index (χ0) is 28.1. The normalized spacial score (nSPS) is 14.4. The summed E-state index contributed by atoms with van der Waals surface area (Å²) < 4.78 is 12.8. The molecule has 0 aromatic heterocycles. The first-order valence-corrected chi connectivity index (χ1v) is 13.4. The molecule has 0 saturated carbocycles. The summed E-state index contributed by atoms with van der Waals surface area (Å²) in [5.41, 5.74) is 2.18. The highest BCUT2D eigenvalue weighted by Gasteiger charge is 2.36. The Labute approximate surface area is 244 Å². The summed E-state index contributed by atoms with van der Waals surface area (Å²) in [6.45, 7) is 6.21. The van der Waals surface area contributed by atoms with Crippen LogP contribution in [0.1, 0.15) is 23.6 Å². The highest BCUT2D eigenvalue weighted by atomic mass is 79.9. The van der Waals surface area contributed by atoms with Crippen LogP contribution in [0.5, 0.6) is 11.5 Å². The maximum atomic E-state index is 13.3. The van der Waals surface area contributed by atoms with E-state index < -0.39 is 17.8 Å². The molecule has 7 nitrogen and oxygen atoms in total. The molecule has 0 spiro atoms. The van der Waals surface area contributed by atoms with Crippen LogP contribution in [-0.4, -0.2) is 24.5 Å². The fourth-order valence-corrected chi connectivity index (χ4v) is 4.52. The minimum Gasteiger partial charge on any atom is -0.490 e. The number of urea groups is 1. The third-order valence-corrected chi connectivity index (χ3v) is 6.95. The van der Waals surface area contributed by atoms with Gasteiger partial charge in [-0.2, -0.15) is 0 Å². The fourth-order valence-electron chi connectivity index (χ4n) is 3.93. The first kappa shape index (κ1) is 28.4. The number of halogens is 3. The first-order valence-electron chi connectivity index (χ1n) is 11.9. The molecule has 10 heteroatoms. The zero-order valence-corrected chi connectivity index (χ0v) is 23.9. The molecule has 0 atom stereocenters. The van der Waals surface area contributed by atoms with E-state index >= 15 is 0 Å². The number of hydrogen-bond donors (Lipinski definition) is 1. The number of benzene rings is 3. The van der Waals surface area contributed by atoms with Crippen LogP contribution in [0.4, 0.5) is 10.5 Å². The monoisotopic (exact) mass is 628 g/mol. The predicted octanol–water partition coefficient (Wildman–Crippen LogP) is 7.13. The molecule has 3 aromatic rings. The molecule has 0 aliphatic carbocycles. The number of nitrogens with one attached hydrogen (secondary N) is 1. The van der Waals surface area contributed by atoms with E-state index in [4.69, 9.17) is 32.7 Å². The molecule has 1 aliphatic rings. The molecule has 1 heterocycles. The van der Waals surface area contributed by atoms with Gasteiger partial charge in [0.2, 0.25) is 0 Å². The number of amides is 4. The van der Waals surface area contributed by atoms with E-state index in [1.165, 1.54) is 6.08 Å². The lowest BCUT2D eigenvalue weighted by atomic mass is 10.0. The molecule has 0 bridgehead atoms. The van der Waals surface area contributed by atoms with Crippen LogP contribution in [0.15, 0.2) is 77.3 Å². The maximum absolute atomic E-state index is 13.3. The van der Waals surface area contributed by atoms with Gasteiger partial charge in [0, 0.05) is 10.0 Å². The van der Waals surface area contributed by atoms with Crippen molar-refractivity contribution in [1.29, 1.82) is 0 Å². The Kier molecular flexibility index (Phi) is 9.12. The number of hydrogen-bond acceptors (Lipinski definition) is 5. The lowest BCUT2D eigenvalue weighted by molar-refractivity contribution is -0.122. The van der Waals surface area contributed by atoms with Gasteiger partial charge >= 0.3 is 6.03 Å². The van der Waals surface area contributed by atoms with Gasteiger partial charge in [0.15, 0.2) is 11.5 Å². The highest BCUT2D eigenvalue weighted by Crippen LogP contribution is 2.36. The van der Waals surface area contributed by atoms with Gasteiger partial charge in [0.25, 0.3) is 11.8 Å². The average molecular weight is 630 g/mol. The number of allylic oxidation sites excluding steroid dienone is 1. The predicted molar refractivity (Wildman–Crippen MR) is 155 cm³/mol. The van der Waals surface area contributed by atoms with Crippen molar-refractivity contribution in [3.63, 3.8) is 0 Å². The average Bonchev–Trinajstić information content (AvgIpc) is 2.89. The fraction of sp³-hybridized carbons (Fsp3) is 0.138. The molecule has 1 aliphatic heterocycles. The van der Waals surface area contributed by atoms with Gasteiger partial charge < -0.3 is 9.47 Å². The summed E-state index contributed by atoms with van der Waals surface area (Å²) >= 11 is 15.5. The second-order valence-corrected chi connectivity index (χ2v) is 10.1. The van der Waals surface area contributed by atoms with Crippen molar-refractivity contribution in [1.82, 2.24) is 5.32 Å². The summed E-state index contributed by atoms with van der Waals surface area (Å²) in [7, 11) is 0. The third-order valence-electron chi connectivity index (χ3n) is 5.68. The Hall–Kier alpha value is -3.59. The van der Waals surface area contributed by atoms with Gasteiger partial charge in [0.05, 0.1) is 22.3 Å². The summed E-state index contributed by atoms with van der Waals surface area (Å²) in [6, 6.07) is 14.5. The van der Waals surface area contributed by atoms with Crippen molar-refractivity contribution >= 4 is 68.7 Å². The van der Waals surface area contributed by atoms with Crippen LogP contribution in [0.2, 0.25) is 10.0 Å². The van der Waals surface area contributed by atoms with Gasteiger partial charge in [-0.15, -0.1) is 6.58 Å². The molecule has 0 radical (unpaired) electrons. The van der Waals surface area contributed by atoms with E-state index in [1.807, 2.05) is 13.0 Å². The standard InChI is InChI=1S/C29H23BrCl2N2O5/c1-3-5-19-12-18(15-25(38-4-2)26(19)39-16-17-6-11-23(31)24(32)14-17)13-22-27(35)33-29(37)34(28(22)36)21-9-7-20(30)8-10-21/h3,6-15H,1,4-5,16H2,2H3,(H,33,35,37)/b22-13+. The number of nitrogens with zero attached hydrogens (tertiary/aromatic N) is 1. The Morgan fingerprint density at radius 3 is 2.41 bits per heavy atom. The number of carbonyl (C=O) groups is 3. The van der Waals surface area contributed by atoms with Gasteiger partial charge in [-0.1, -0.05) is 51.3 Å². The molecule has 4 rings (SSSR count). The van der Waals surface area contributed by atoms with Crippen molar-refractivity contribution in [3.8, 4) is 11.5 Å². The van der Waals surface area contributed by atoms with Crippen LogP contribution in [-0.2, 0) is 22.6 Å². The topological polar surface area (TPSA) is 84.9 Å². The van der Waals surface area contributed by atoms with E-state index in [9.17, 15) is 14.4 Å². The SMILES string of the molecule is C=CCc1cc(/C=C2\C(=O)NC(=O)N(c3ccc(Br)cc3)C2=O)cc(OCC)c1OCc1ccc(Cl)c(Cl)c1. The number of ether oxygens (including phenoxy) is 2. The van der Waals surface area contributed by atoms with Gasteiger partial charge in [0.1, 0.15) is 12.2 Å². The second-order valence-electron chi connectivity index (χ2n) is 8.40. The van der Waals surface area contributed by atoms with Crippen LogP contribution in [0.3, 0.4) is 0 Å². The molecule has 1 fully saturated rings. The zero-order valence-electron chi connectivity index (χ0n) is 20.8. The summed E-state index contributed by atoms with van der Waals surface area (Å²) in [4.78, 5) is 39.4. The molecular formula is C29H23BrCl2N2O5. The summed E-state index contributed by atoms with van der Waals surface area (Å²) in [5, 5.41) is 3.10. The molecule has 3 aromatic carbocycles. The van der Waals surface area contributed by atoms with Gasteiger partial charge in [-0.05, 0) is 79.1 Å². The van der Waals surface area contributed by atoms with Gasteiger partial charge in [-0.25, -0.2) is 9.69 Å². The molecule has 4 amide bonds. The van der Waals surface area contributed by atoms with E-state index in [1.54, 1.807) is 54.6 Å². The van der Waals surface area contributed by atoms with E-state index in [0.29, 0.717) is 45.8 Å². The molecule has 0 unspecified atom stereocenters. The van der Waals surface area contributed by atoms with E-state index in [0.717, 1.165) is 20.5 Å². The van der Waals surface area contributed by atoms with Crippen molar-refractivity contribution in [2.45, 2.75) is 20.0 Å².